The number of halogens is 2. The van der Waals surface area contributed by atoms with Gasteiger partial charge in [0, 0.05) is 36.9 Å². The van der Waals surface area contributed by atoms with Crippen molar-refractivity contribution in [3.05, 3.63) is 71.6 Å². The molecule has 1 N–H and O–H groups in total. The zero-order valence-corrected chi connectivity index (χ0v) is 17.8. The summed E-state index contributed by atoms with van der Waals surface area (Å²) in [6, 6.07) is 6.01. The molecule has 1 aliphatic rings. The molecule has 1 atom stereocenters. The van der Waals surface area contributed by atoms with E-state index in [2.05, 4.69) is 20.2 Å². The van der Waals surface area contributed by atoms with E-state index in [-0.39, 0.29) is 23.7 Å². The molecule has 1 aromatic carbocycles. The molecule has 4 aromatic rings. The maximum Gasteiger partial charge on any atom is 0.294 e. The van der Waals surface area contributed by atoms with E-state index in [1.807, 2.05) is 6.92 Å². The van der Waals surface area contributed by atoms with Crippen LogP contribution in [-0.2, 0) is 13.5 Å². The Morgan fingerprint density at radius 3 is 2.58 bits per heavy atom. The zero-order chi connectivity index (χ0) is 23.3. The summed E-state index contributed by atoms with van der Waals surface area (Å²) in [6.07, 6.45) is 3.28. The highest BCUT2D eigenvalue weighted by Crippen LogP contribution is 2.36. The fourth-order valence-electron chi connectivity index (χ4n) is 4.20. The molecule has 5 rings (SSSR count). The van der Waals surface area contributed by atoms with E-state index in [0.29, 0.717) is 35.6 Å². The highest BCUT2D eigenvalue weighted by Gasteiger charge is 2.34. The van der Waals surface area contributed by atoms with Gasteiger partial charge in [0.05, 0.1) is 29.3 Å². The molecule has 9 nitrogen and oxygen atoms in total. The normalized spacial score (nSPS) is 15.5. The number of fused-ring (bicyclic) bond motifs is 1. The molecule has 4 heterocycles. The van der Waals surface area contributed by atoms with Crippen LogP contribution in [0.1, 0.15) is 34.8 Å². The Hall–Kier alpha value is -4.15. The Morgan fingerprint density at radius 1 is 1.12 bits per heavy atom. The van der Waals surface area contributed by atoms with Gasteiger partial charge in [-0.3, -0.25) is 9.48 Å². The fraction of sp³-hybridized carbons (Fsp3) is 0.227. The van der Waals surface area contributed by atoms with Crippen LogP contribution in [-0.4, -0.2) is 52.0 Å². The highest BCUT2D eigenvalue weighted by atomic mass is 19.1. The summed E-state index contributed by atoms with van der Waals surface area (Å²) >= 11 is 0. The molecule has 0 bridgehead atoms. The second-order valence-corrected chi connectivity index (χ2v) is 7.81. The summed E-state index contributed by atoms with van der Waals surface area (Å²) in [4.78, 5) is 22.7. The summed E-state index contributed by atoms with van der Waals surface area (Å²) < 4.78 is 30.6. The van der Waals surface area contributed by atoms with E-state index < -0.39 is 11.6 Å². The van der Waals surface area contributed by atoms with Crippen molar-refractivity contribution < 1.29 is 18.7 Å². The third-order valence-corrected chi connectivity index (χ3v) is 5.72. The van der Waals surface area contributed by atoms with Crippen molar-refractivity contribution in [2.24, 2.45) is 7.05 Å². The number of benzene rings is 1. The Kier molecular flexibility index (Phi) is 4.88. The van der Waals surface area contributed by atoms with Gasteiger partial charge in [-0.05, 0) is 31.5 Å². The van der Waals surface area contributed by atoms with Gasteiger partial charge in [0.25, 0.3) is 5.91 Å². The van der Waals surface area contributed by atoms with Crippen LogP contribution in [0.4, 0.5) is 8.78 Å². The molecule has 11 heteroatoms. The van der Waals surface area contributed by atoms with E-state index >= 15 is 0 Å². The average molecular weight is 451 g/mol. The second kappa shape index (κ2) is 7.76. The van der Waals surface area contributed by atoms with Crippen LogP contribution < -0.4 is 0 Å². The molecule has 0 saturated heterocycles. The second-order valence-electron chi connectivity index (χ2n) is 7.81. The molecule has 1 amide bonds. The first-order valence-corrected chi connectivity index (χ1v) is 10.2. The number of aromatic nitrogens is 6. The SMILES string of the molecule is C[C@H]1c2nn(C)c(-c3cc(F)cc(F)c3)c2CCN1C(=O)c1ncn(-c2ccc(O)nc2)n1. The number of aromatic hydroxyl groups is 1. The number of pyridine rings is 1. The Morgan fingerprint density at radius 2 is 1.88 bits per heavy atom. The van der Waals surface area contributed by atoms with Crippen LogP contribution in [0.2, 0.25) is 0 Å². The molecule has 168 valence electrons. The molecule has 0 fully saturated rings. The van der Waals surface area contributed by atoms with Crippen molar-refractivity contribution >= 4 is 5.91 Å². The number of aryl methyl sites for hydroxylation is 1. The van der Waals surface area contributed by atoms with E-state index in [9.17, 15) is 18.7 Å². The summed E-state index contributed by atoms with van der Waals surface area (Å²) in [6.45, 7) is 2.22. The lowest BCUT2D eigenvalue weighted by atomic mass is 9.95. The Balaban J connectivity index is 1.44. The number of nitrogens with zero attached hydrogens (tertiary/aromatic N) is 7. The fourth-order valence-corrected chi connectivity index (χ4v) is 4.20. The molecule has 0 radical (unpaired) electrons. The van der Waals surface area contributed by atoms with Gasteiger partial charge < -0.3 is 10.0 Å². The Labute approximate surface area is 186 Å². The van der Waals surface area contributed by atoms with Crippen molar-refractivity contribution in [3.63, 3.8) is 0 Å². The zero-order valence-electron chi connectivity index (χ0n) is 17.8. The maximum atomic E-state index is 13.8. The predicted octanol–water partition coefficient (Wildman–Crippen LogP) is 2.81. The minimum atomic E-state index is -0.661. The van der Waals surface area contributed by atoms with Crippen LogP contribution in [0.15, 0.2) is 42.9 Å². The van der Waals surface area contributed by atoms with E-state index in [1.165, 1.54) is 35.4 Å². The van der Waals surface area contributed by atoms with Crippen molar-refractivity contribution in [1.82, 2.24) is 34.4 Å². The monoisotopic (exact) mass is 451 g/mol. The molecule has 33 heavy (non-hydrogen) atoms. The first-order valence-electron chi connectivity index (χ1n) is 10.2. The number of rotatable bonds is 3. The molecule has 0 spiro atoms. The lowest BCUT2D eigenvalue weighted by Crippen LogP contribution is -2.39. The van der Waals surface area contributed by atoms with Crippen molar-refractivity contribution in [2.45, 2.75) is 19.4 Å². The predicted molar refractivity (Wildman–Crippen MR) is 113 cm³/mol. The van der Waals surface area contributed by atoms with Gasteiger partial charge >= 0.3 is 0 Å². The number of carbonyl (C=O) groups excluding carboxylic acids is 1. The van der Waals surface area contributed by atoms with Crippen molar-refractivity contribution in [2.75, 3.05) is 6.54 Å². The first kappa shape index (κ1) is 20.7. The van der Waals surface area contributed by atoms with Crippen LogP contribution in [0.25, 0.3) is 16.9 Å². The molecule has 0 unspecified atom stereocenters. The first-order chi connectivity index (χ1) is 15.8. The molecular formula is C22H19F2N7O2. The summed E-state index contributed by atoms with van der Waals surface area (Å²) in [5.74, 6) is -1.79. The van der Waals surface area contributed by atoms with Crippen LogP contribution in [0, 0.1) is 11.6 Å². The van der Waals surface area contributed by atoms with Gasteiger partial charge in [0.2, 0.25) is 11.7 Å². The maximum absolute atomic E-state index is 13.8. The minimum absolute atomic E-state index is 0.0155. The number of carbonyl (C=O) groups is 1. The van der Waals surface area contributed by atoms with E-state index in [0.717, 1.165) is 11.6 Å². The topological polar surface area (TPSA) is 102 Å². The van der Waals surface area contributed by atoms with Gasteiger partial charge in [-0.15, -0.1) is 5.10 Å². The smallest absolute Gasteiger partial charge is 0.294 e. The van der Waals surface area contributed by atoms with E-state index in [1.54, 1.807) is 22.7 Å². The van der Waals surface area contributed by atoms with Gasteiger partial charge in [0.1, 0.15) is 18.0 Å². The van der Waals surface area contributed by atoms with Gasteiger partial charge in [-0.2, -0.15) is 5.10 Å². The van der Waals surface area contributed by atoms with Crippen LogP contribution >= 0.6 is 0 Å². The van der Waals surface area contributed by atoms with Gasteiger partial charge in [-0.1, -0.05) is 0 Å². The molecule has 0 aliphatic carbocycles. The molecular weight excluding hydrogens is 432 g/mol. The third kappa shape index (κ3) is 3.60. The quantitative estimate of drug-likeness (QED) is 0.514. The summed E-state index contributed by atoms with van der Waals surface area (Å²) in [5, 5.41) is 18.1. The van der Waals surface area contributed by atoms with Crippen LogP contribution in [0.5, 0.6) is 5.88 Å². The van der Waals surface area contributed by atoms with Crippen molar-refractivity contribution in [1.29, 1.82) is 0 Å². The third-order valence-electron chi connectivity index (χ3n) is 5.72. The lowest BCUT2D eigenvalue weighted by molar-refractivity contribution is 0.0661. The minimum Gasteiger partial charge on any atom is -0.493 e. The Bertz CT molecular complexity index is 1340. The number of hydrogen-bond donors (Lipinski definition) is 1. The van der Waals surface area contributed by atoms with Crippen LogP contribution in [0.3, 0.4) is 0 Å². The average Bonchev–Trinajstić information content (AvgIpc) is 3.38. The number of amides is 1. The largest absolute Gasteiger partial charge is 0.493 e. The lowest BCUT2D eigenvalue weighted by Gasteiger charge is -2.32. The standard InChI is InChI=1S/C22H19F2N7O2/c1-12-19-17(20(29(2)27-19)13-7-14(23)9-15(24)8-13)5-6-30(12)22(33)21-26-11-31(28-21)16-3-4-18(32)25-10-16/h3-4,7-12H,5-6H2,1-2H3,(H,25,32)/t12-/m0/s1. The molecule has 1 aliphatic heterocycles. The molecule has 0 saturated carbocycles. The van der Waals surface area contributed by atoms with Crippen molar-refractivity contribution in [3.8, 4) is 22.8 Å². The summed E-state index contributed by atoms with van der Waals surface area (Å²) in [7, 11) is 1.71. The number of hydrogen-bond acceptors (Lipinski definition) is 6. The molecule has 3 aromatic heterocycles. The van der Waals surface area contributed by atoms with Gasteiger partial charge in [-0.25, -0.2) is 23.4 Å². The van der Waals surface area contributed by atoms with Gasteiger partial charge in [0.15, 0.2) is 0 Å². The highest BCUT2D eigenvalue weighted by molar-refractivity contribution is 5.91. The van der Waals surface area contributed by atoms with E-state index in [4.69, 9.17) is 0 Å². The summed E-state index contributed by atoms with van der Waals surface area (Å²) in [5.41, 5.74) is 3.10.